The molecule has 2 aromatic carbocycles. The first-order chi connectivity index (χ1) is 13.6. The van der Waals surface area contributed by atoms with Gasteiger partial charge >= 0.3 is 5.69 Å². The zero-order valence-electron chi connectivity index (χ0n) is 16.9. The molecule has 8 nitrogen and oxygen atoms in total. The number of fused-ring (bicyclic) bond motifs is 1. The minimum Gasteiger partial charge on any atom is -0.497 e. The fraction of sp³-hybridized carbons (Fsp3) is 0.300. The molecule has 3 aromatic rings. The molecule has 0 aliphatic carbocycles. The first-order valence-electron chi connectivity index (χ1n) is 8.96. The van der Waals surface area contributed by atoms with E-state index in [-0.39, 0.29) is 16.3 Å². The highest BCUT2D eigenvalue weighted by Gasteiger charge is 2.26. The molecular weight excluding hydrogens is 394 g/mol. The number of amides is 1. The van der Waals surface area contributed by atoms with Crippen LogP contribution < -0.4 is 15.7 Å². The van der Waals surface area contributed by atoms with Gasteiger partial charge in [0.05, 0.1) is 34.0 Å². The molecule has 1 aromatic heterocycles. The van der Waals surface area contributed by atoms with Gasteiger partial charge in [-0.15, -0.1) is 0 Å². The number of rotatable bonds is 5. The third-order valence-corrected chi connectivity index (χ3v) is 7.09. The molecule has 1 N–H and O–H groups in total. The Morgan fingerprint density at radius 1 is 1.03 bits per heavy atom. The topological polar surface area (TPSA) is 99.4 Å². The Labute approximate surface area is 168 Å². The van der Waals surface area contributed by atoms with Crippen molar-refractivity contribution < 1.29 is 17.9 Å². The number of carbonyl (C=O) groups excluding carboxylic acids is 1. The highest BCUT2D eigenvalue weighted by atomic mass is 32.2. The number of imidazole rings is 1. The van der Waals surface area contributed by atoms with E-state index in [2.05, 4.69) is 5.32 Å². The number of aryl methyl sites for hydroxylation is 2. The van der Waals surface area contributed by atoms with Crippen LogP contribution in [0.15, 0.2) is 46.1 Å². The summed E-state index contributed by atoms with van der Waals surface area (Å²) in [6.45, 7) is 3.14. The van der Waals surface area contributed by atoms with Crippen LogP contribution in [0.4, 0.5) is 5.69 Å². The van der Waals surface area contributed by atoms with E-state index in [4.69, 9.17) is 4.74 Å². The number of methoxy groups -OCH3 is 1. The summed E-state index contributed by atoms with van der Waals surface area (Å²) in [6, 6.07) is 9.42. The first-order valence-corrected chi connectivity index (χ1v) is 10.5. The molecule has 0 aliphatic rings. The molecular formula is C20H23N3O5S. The number of hydrogen-bond donors (Lipinski definition) is 1. The van der Waals surface area contributed by atoms with E-state index in [1.807, 2.05) is 0 Å². The Bertz CT molecular complexity index is 1250. The highest BCUT2D eigenvalue weighted by molar-refractivity contribution is 7.92. The number of aromatic nitrogens is 2. The van der Waals surface area contributed by atoms with Crippen LogP contribution in [0.3, 0.4) is 0 Å². The second-order valence-corrected chi connectivity index (χ2v) is 9.49. The van der Waals surface area contributed by atoms with Crippen LogP contribution in [0.1, 0.15) is 24.2 Å². The maximum absolute atomic E-state index is 12.9. The molecule has 0 unspecified atom stereocenters. The van der Waals surface area contributed by atoms with Gasteiger partial charge in [-0.1, -0.05) is 0 Å². The summed E-state index contributed by atoms with van der Waals surface area (Å²) in [7, 11) is 0.977. The van der Waals surface area contributed by atoms with Crippen LogP contribution in [0.2, 0.25) is 0 Å². The van der Waals surface area contributed by atoms with Crippen LogP contribution in [0, 0.1) is 0 Å². The lowest BCUT2D eigenvalue weighted by Gasteiger charge is -2.15. The minimum atomic E-state index is -3.72. The van der Waals surface area contributed by atoms with Crippen molar-refractivity contribution in [2.45, 2.75) is 24.0 Å². The van der Waals surface area contributed by atoms with Crippen molar-refractivity contribution in [2.24, 2.45) is 14.1 Å². The van der Waals surface area contributed by atoms with Gasteiger partial charge < -0.3 is 10.1 Å². The number of nitrogens with zero attached hydrogens (tertiary/aromatic N) is 2. The van der Waals surface area contributed by atoms with E-state index in [1.165, 1.54) is 28.4 Å². The van der Waals surface area contributed by atoms with Crippen molar-refractivity contribution in [3.05, 3.63) is 52.4 Å². The lowest BCUT2D eigenvalue weighted by atomic mass is 10.2. The minimum absolute atomic E-state index is 0.0249. The maximum Gasteiger partial charge on any atom is 0.328 e. The van der Waals surface area contributed by atoms with Crippen LogP contribution in [-0.4, -0.2) is 35.8 Å². The van der Waals surface area contributed by atoms with Crippen molar-refractivity contribution in [3.8, 4) is 5.75 Å². The zero-order chi connectivity index (χ0) is 21.5. The van der Waals surface area contributed by atoms with Gasteiger partial charge in [0.2, 0.25) is 0 Å². The summed E-state index contributed by atoms with van der Waals surface area (Å²) in [5.41, 5.74) is 1.19. The number of ether oxygens (including phenoxy) is 1. The Balaban J connectivity index is 2.17. The molecule has 29 heavy (non-hydrogen) atoms. The van der Waals surface area contributed by atoms with Crippen molar-refractivity contribution in [1.82, 2.24) is 9.13 Å². The lowest BCUT2D eigenvalue weighted by molar-refractivity contribution is 0.102. The number of carbonyl (C=O) groups is 1. The molecule has 3 rings (SSSR count). The second-order valence-electron chi connectivity index (χ2n) is 7.01. The molecule has 0 fully saturated rings. The normalized spacial score (nSPS) is 11.8. The fourth-order valence-corrected chi connectivity index (χ4v) is 4.25. The molecule has 0 bridgehead atoms. The van der Waals surface area contributed by atoms with E-state index >= 15 is 0 Å². The van der Waals surface area contributed by atoms with Gasteiger partial charge in [0, 0.05) is 19.7 Å². The number of hydrogen-bond acceptors (Lipinski definition) is 5. The van der Waals surface area contributed by atoms with Crippen LogP contribution in [0.25, 0.3) is 11.0 Å². The first kappa shape index (κ1) is 20.7. The molecule has 0 saturated heterocycles. The van der Waals surface area contributed by atoms with E-state index in [0.717, 1.165) is 0 Å². The Kier molecular flexibility index (Phi) is 5.27. The van der Waals surface area contributed by atoms with Crippen molar-refractivity contribution in [3.63, 3.8) is 0 Å². The number of sulfone groups is 1. The Morgan fingerprint density at radius 2 is 1.59 bits per heavy atom. The van der Waals surface area contributed by atoms with Gasteiger partial charge in [-0.25, -0.2) is 13.2 Å². The monoisotopic (exact) mass is 417 g/mol. The van der Waals surface area contributed by atoms with E-state index in [0.29, 0.717) is 22.3 Å². The number of benzene rings is 2. The summed E-state index contributed by atoms with van der Waals surface area (Å²) in [5, 5.41) is 1.99. The average Bonchev–Trinajstić information content (AvgIpc) is 2.91. The molecule has 9 heteroatoms. The second kappa shape index (κ2) is 7.40. The van der Waals surface area contributed by atoms with Crippen molar-refractivity contribution >= 4 is 32.5 Å². The van der Waals surface area contributed by atoms with Gasteiger partial charge in [-0.3, -0.25) is 13.9 Å². The Morgan fingerprint density at radius 3 is 2.10 bits per heavy atom. The number of nitrogens with one attached hydrogen (secondary N) is 1. The molecule has 1 amide bonds. The molecule has 0 atom stereocenters. The molecule has 0 spiro atoms. The fourth-order valence-electron chi connectivity index (χ4n) is 3.05. The summed E-state index contributed by atoms with van der Waals surface area (Å²) in [5.74, 6) is 0.137. The van der Waals surface area contributed by atoms with Crippen molar-refractivity contribution in [1.29, 1.82) is 0 Å². The van der Waals surface area contributed by atoms with E-state index in [1.54, 1.807) is 52.2 Å². The maximum atomic E-state index is 12.9. The molecule has 0 radical (unpaired) electrons. The molecule has 0 saturated carbocycles. The van der Waals surface area contributed by atoms with Gasteiger partial charge in [-0.05, 0) is 50.2 Å². The molecule has 0 aliphatic heterocycles. The standard InChI is InChI=1S/C20H23N3O5S/c1-12(2)29(26,27)18-11-17-16(22(3)20(25)23(17)4)10-15(18)21-19(24)13-6-8-14(28-5)9-7-13/h6-12H,1-5H3,(H,21,24). The summed E-state index contributed by atoms with van der Waals surface area (Å²) >= 11 is 0. The summed E-state index contributed by atoms with van der Waals surface area (Å²) < 4.78 is 33.8. The molecule has 154 valence electrons. The predicted octanol–water partition coefficient (Wildman–Crippen LogP) is 2.32. The van der Waals surface area contributed by atoms with E-state index in [9.17, 15) is 18.0 Å². The zero-order valence-corrected chi connectivity index (χ0v) is 17.7. The van der Waals surface area contributed by atoms with Crippen LogP contribution >= 0.6 is 0 Å². The summed E-state index contributed by atoms with van der Waals surface area (Å²) in [4.78, 5) is 25.0. The third-order valence-electron chi connectivity index (χ3n) is 4.90. The largest absolute Gasteiger partial charge is 0.497 e. The Hall–Kier alpha value is -3.07. The molecule has 1 heterocycles. The van der Waals surface area contributed by atoms with Gasteiger partial charge in [0.1, 0.15) is 5.75 Å². The lowest BCUT2D eigenvalue weighted by Crippen LogP contribution is -2.19. The van der Waals surface area contributed by atoms with Crippen molar-refractivity contribution in [2.75, 3.05) is 12.4 Å². The predicted molar refractivity (Wildman–Crippen MR) is 111 cm³/mol. The SMILES string of the molecule is COc1ccc(C(=O)Nc2cc3c(cc2S(=O)(=O)C(C)C)n(C)c(=O)n3C)cc1. The van der Waals surface area contributed by atoms with Gasteiger partial charge in [0.25, 0.3) is 5.91 Å². The van der Waals surface area contributed by atoms with Gasteiger partial charge in [-0.2, -0.15) is 0 Å². The smallest absolute Gasteiger partial charge is 0.328 e. The average molecular weight is 417 g/mol. The van der Waals surface area contributed by atoms with E-state index < -0.39 is 21.0 Å². The third kappa shape index (κ3) is 3.53. The quantitative estimate of drug-likeness (QED) is 0.687. The summed E-state index contributed by atoms with van der Waals surface area (Å²) in [6.07, 6.45) is 0. The highest BCUT2D eigenvalue weighted by Crippen LogP contribution is 2.30. The van der Waals surface area contributed by atoms with Crippen LogP contribution in [0.5, 0.6) is 5.75 Å². The van der Waals surface area contributed by atoms with Gasteiger partial charge in [0.15, 0.2) is 9.84 Å². The van der Waals surface area contributed by atoms with Crippen LogP contribution in [-0.2, 0) is 23.9 Å². The number of anilines is 1.